The summed E-state index contributed by atoms with van der Waals surface area (Å²) < 4.78 is 6.19. The average molecular weight is 811 g/mol. The van der Waals surface area contributed by atoms with Crippen LogP contribution >= 0.6 is 0 Å². The summed E-state index contributed by atoms with van der Waals surface area (Å²) in [5.74, 6) is 0. The highest BCUT2D eigenvalue weighted by molar-refractivity contribution is 7.00. The zero-order valence-electron chi connectivity index (χ0n) is 38.7. The van der Waals surface area contributed by atoms with Crippen molar-refractivity contribution in [3.8, 4) is 11.1 Å². The van der Waals surface area contributed by atoms with Gasteiger partial charge in [-0.25, -0.2) is 0 Å². The zero-order valence-corrected chi connectivity index (χ0v) is 38.7. The number of nitrogens with zero attached hydrogens (tertiary/aromatic N) is 2. The van der Waals surface area contributed by atoms with E-state index in [1.807, 2.05) is 12.1 Å². The van der Waals surface area contributed by atoms with E-state index in [0.717, 1.165) is 27.6 Å². The predicted octanol–water partition coefficient (Wildman–Crippen LogP) is 14.5. The molecule has 2 aliphatic heterocycles. The van der Waals surface area contributed by atoms with Gasteiger partial charge in [0.15, 0.2) is 0 Å². The van der Waals surface area contributed by atoms with Crippen molar-refractivity contribution in [3.63, 3.8) is 0 Å². The van der Waals surface area contributed by atoms with E-state index in [9.17, 15) is 0 Å². The van der Waals surface area contributed by atoms with Crippen LogP contribution in [0, 0.1) is 0 Å². The second kappa shape index (κ2) is 13.8. The molecule has 1 aromatic heterocycles. The highest BCUT2D eigenvalue weighted by atomic mass is 16.3. The SMILES string of the molecule is CC(C)(C)c1ccc(N2c3cc(C(C)(C)C)ccc3B3c4cc(C(C)(C)C)ccc4N(c4ccc(-c5ccc6oc7ccccc7c6c5)cc4)c4cc(C(C)(C)C)cc2c43)cc1. The third-order valence-electron chi connectivity index (χ3n) is 13.5. The van der Waals surface area contributed by atoms with E-state index in [4.69, 9.17) is 4.42 Å². The van der Waals surface area contributed by atoms with E-state index in [-0.39, 0.29) is 28.4 Å². The van der Waals surface area contributed by atoms with E-state index in [1.165, 1.54) is 78.2 Å². The average Bonchev–Trinajstić information content (AvgIpc) is 3.60. The van der Waals surface area contributed by atoms with Crippen LogP contribution in [0.4, 0.5) is 34.1 Å². The van der Waals surface area contributed by atoms with Crippen LogP contribution in [-0.4, -0.2) is 6.71 Å². The molecule has 8 aromatic rings. The summed E-state index contributed by atoms with van der Waals surface area (Å²) in [6, 6.07) is 53.1. The molecular weight excluding hydrogens is 751 g/mol. The summed E-state index contributed by atoms with van der Waals surface area (Å²) in [5.41, 5.74) is 20.8. The molecule has 10 rings (SSSR count). The number of rotatable bonds is 3. The molecule has 0 fully saturated rings. The first kappa shape index (κ1) is 40.1. The van der Waals surface area contributed by atoms with Gasteiger partial charge in [0.1, 0.15) is 11.2 Å². The summed E-state index contributed by atoms with van der Waals surface area (Å²) >= 11 is 0. The van der Waals surface area contributed by atoms with Gasteiger partial charge < -0.3 is 14.2 Å². The van der Waals surface area contributed by atoms with Crippen molar-refractivity contribution >= 4 is 79.2 Å². The van der Waals surface area contributed by atoms with Gasteiger partial charge in [-0.05, 0) is 138 Å². The van der Waals surface area contributed by atoms with Crippen LogP contribution < -0.4 is 26.2 Å². The van der Waals surface area contributed by atoms with Crippen molar-refractivity contribution in [1.82, 2.24) is 0 Å². The van der Waals surface area contributed by atoms with Crippen LogP contribution in [0.15, 0.2) is 144 Å². The minimum atomic E-state index is -0.0991. The Bertz CT molecular complexity index is 3050. The minimum absolute atomic E-state index is 0.0135. The Hall–Kier alpha value is -6.00. The molecule has 0 spiro atoms. The molecule has 0 saturated carbocycles. The van der Waals surface area contributed by atoms with E-state index >= 15 is 0 Å². The Morgan fingerprint density at radius 3 is 1.50 bits per heavy atom. The Morgan fingerprint density at radius 1 is 0.371 bits per heavy atom. The molecule has 310 valence electrons. The first-order valence-electron chi connectivity index (χ1n) is 22.5. The van der Waals surface area contributed by atoms with Crippen LogP contribution in [0.5, 0.6) is 0 Å². The lowest BCUT2D eigenvalue weighted by molar-refractivity contribution is 0.589. The quantitative estimate of drug-likeness (QED) is 0.166. The molecule has 0 bridgehead atoms. The lowest BCUT2D eigenvalue weighted by Gasteiger charge is -2.45. The number of hydrogen-bond acceptors (Lipinski definition) is 3. The fraction of sp³-hybridized carbons (Fsp3) is 0.276. The van der Waals surface area contributed by atoms with Gasteiger partial charge in [-0.3, -0.25) is 0 Å². The Labute approximate surface area is 369 Å². The maximum Gasteiger partial charge on any atom is 0.252 e. The molecule has 0 amide bonds. The first-order chi connectivity index (χ1) is 29.3. The highest BCUT2D eigenvalue weighted by Crippen LogP contribution is 2.47. The van der Waals surface area contributed by atoms with Gasteiger partial charge in [-0.2, -0.15) is 0 Å². The van der Waals surface area contributed by atoms with Crippen molar-refractivity contribution in [2.24, 2.45) is 0 Å². The molecule has 3 nitrogen and oxygen atoms in total. The van der Waals surface area contributed by atoms with Crippen molar-refractivity contribution in [2.75, 3.05) is 9.80 Å². The maximum absolute atomic E-state index is 6.19. The number of benzene rings is 7. The van der Waals surface area contributed by atoms with Crippen molar-refractivity contribution < 1.29 is 4.42 Å². The molecular formula is C58H59BN2O. The lowest BCUT2D eigenvalue weighted by atomic mass is 9.33. The lowest BCUT2D eigenvalue weighted by Crippen LogP contribution is -2.61. The maximum atomic E-state index is 6.19. The molecule has 0 atom stereocenters. The van der Waals surface area contributed by atoms with Gasteiger partial charge in [0, 0.05) is 44.9 Å². The van der Waals surface area contributed by atoms with Gasteiger partial charge in [0.05, 0.1) is 0 Å². The summed E-state index contributed by atoms with van der Waals surface area (Å²) in [5, 5.41) is 2.29. The molecule has 2 aliphatic rings. The molecule has 0 radical (unpaired) electrons. The van der Waals surface area contributed by atoms with E-state index in [2.05, 4.69) is 220 Å². The first-order valence-corrected chi connectivity index (χ1v) is 22.5. The van der Waals surface area contributed by atoms with Crippen LogP contribution in [0.1, 0.15) is 105 Å². The number of fused-ring (bicyclic) bond motifs is 7. The van der Waals surface area contributed by atoms with Crippen molar-refractivity contribution in [1.29, 1.82) is 0 Å². The van der Waals surface area contributed by atoms with Gasteiger partial charge in [0.2, 0.25) is 0 Å². The summed E-state index contributed by atoms with van der Waals surface area (Å²) in [6.45, 7) is 28.0. The van der Waals surface area contributed by atoms with Gasteiger partial charge >= 0.3 is 0 Å². The van der Waals surface area contributed by atoms with Gasteiger partial charge in [-0.15, -0.1) is 0 Å². The molecule has 62 heavy (non-hydrogen) atoms. The highest BCUT2D eigenvalue weighted by Gasteiger charge is 2.45. The smallest absolute Gasteiger partial charge is 0.252 e. The zero-order chi connectivity index (χ0) is 43.7. The number of furan rings is 1. The van der Waals surface area contributed by atoms with E-state index in [0.29, 0.717) is 0 Å². The minimum Gasteiger partial charge on any atom is -0.456 e. The topological polar surface area (TPSA) is 19.6 Å². The fourth-order valence-electron chi connectivity index (χ4n) is 9.74. The van der Waals surface area contributed by atoms with Crippen LogP contribution in [0.3, 0.4) is 0 Å². The number of hydrogen-bond donors (Lipinski definition) is 0. The Morgan fingerprint density at radius 2 is 0.871 bits per heavy atom. The fourth-order valence-corrected chi connectivity index (χ4v) is 9.74. The molecule has 3 heterocycles. The normalized spacial score (nSPS) is 14.0. The third kappa shape index (κ3) is 6.57. The Balaban J connectivity index is 1.22. The summed E-state index contributed by atoms with van der Waals surface area (Å²) in [7, 11) is 0. The van der Waals surface area contributed by atoms with Gasteiger partial charge in [-0.1, -0.05) is 156 Å². The number of anilines is 6. The monoisotopic (exact) mass is 810 g/mol. The van der Waals surface area contributed by atoms with Crippen LogP contribution in [-0.2, 0) is 21.7 Å². The molecule has 0 saturated heterocycles. The van der Waals surface area contributed by atoms with Crippen LogP contribution in [0.25, 0.3) is 33.1 Å². The molecule has 4 heteroatoms. The third-order valence-corrected chi connectivity index (χ3v) is 13.5. The van der Waals surface area contributed by atoms with Crippen molar-refractivity contribution in [3.05, 3.63) is 162 Å². The Kier molecular flexibility index (Phi) is 8.89. The number of para-hydroxylation sites is 1. The van der Waals surface area contributed by atoms with Crippen LogP contribution in [0.2, 0.25) is 0 Å². The molecule has 0 unspecified atom stereocenters. The molecule has 7 aromatic carbocycles. The summed E-state index contributed by atoms with van der Waals surface area (Å²) in [4.78, 5) is 5.13. The van der Waals surface area contributed by atoms with Gasteiger partial charge in [0.25, 0.3) is 6.71 Å². The standard InChI is InChI=1S/C58H59BN2O/c1-55(2,3)38-20-26-43(27-21-38)61-49-33-40(57(7,8)9)22-28-46(49)59-47-32-39(56(4,5)6)23-29-48(47)60(50-34-41(58(10,11)12)35-51(61)54(50)59)42-24-17-36(18-25-42)37-19-30-53-45(31-37)44-15-13-14-16-52(44)62-53/h13-35H,1-12H3. The second-order valence-corrected chi connectivity index (χ2v) is 22.0. The van der Waals surface area contributed by atoms with E-state index in [1.54, 1.807) is 0 Å². The molecule has 0 aliphatic carbocycles. The van der Waals surface area contributed by atoms with Crippen molar-refractivity contribution in [2.45, 2.75) is 105 Å². The summed E-state index contributed by atoms with van der Waals surface area (Å²) in [6.07, 6.45) is 0. The molecule has 0 N–H and O–H groups in total. The van der Waals surface area contributed by atoms with E-state index < -0.39 is 0 Å². The second-order valence-electron chi connectivity index (χ2n) is 22.0. The largest absolute Gasteiger partial charge is 0.456 e. The predicted molar refractivity (Wildman–Crippen MR) is 268 cm³/mol.